The van der Waals surface area contributed by atoms with Crippen molar-refractivity contribution in [1.29, 1.82) is 0 Å². The number of rotatable bonds is 7. The van der Waals surface area contributed by atoms with Crippen LogP contribution in [0.2, 0.25) is 0 Å². The van der Waals surface area contributed by atoms with Gasteiger partial charge in [-0.1, -0.05) is 0 Å². The predicted octanol–water partition coefficient (Wildman–Crippen LogP) is 0.0399. The van der Waals surface area contributed by atoms with Crippen LogP contribution in [-0.2, 0) is 14.8 Å². The number of hydrogen-bond donors (Lipinski definition) is 2. The maximum absolute atomic E-state index is 13.2. The molecule has 1 aromatic carbocycles. The third kappa shape index (κ3) is 4.67. The molecule has 1 saturated heterocycles. The van der Waals surface area contributed by atoms with Crippen molar-refractivity contribution < 1.29 is 31.5 Å². The Kier molecular flexibility index (Phi) is 6.50. The first-order chi connectivity index (χ1) is 12.2. The number of benzene rings is 1. The van der Waals surface area contributed by atoms with Gasteiger partial charge < -0.3 is 20.5 Å². The largest absolute Gasteiger partial charge is 0.496 e. The molecule has 0 radical (unpaired) electrons. The fourth-order valence-corrected chi connectivity index (χ4v) is 3.77. The van der Waals surface area contributed by atoms with E-state index in [9.17, 15) is 22.0 Å². The lowest BCUT2D eigenvalue weighted by molar-refractivity contribution is 0.0118. The summed E-state index contributed by atoms with van der Waals surface area (Å²) in [6.45, 7) is -0.952. The second-order valence-electron chi connectivity index (χ2n) is 5.62. The van der Waals surface area contributed by atoms with Crippen LogP contribution in [0.1, 0.15) is 10.4 Å². The van der Waals surface area contributed by atoms with E-state index in [1.807, 2.05) is 5.32 Å². The number of carbonyl (C=O) groups is 1. The molecular weight excluding hydrogens is 372 g/mol. The molecule has 1 aliphatic rings. The van der Waals surface area contributed by atoms with Crippen LogP contribution < -0.4 is 15.8 Å². The minimum Gasteiger partial charge on any atom is -0.496 e. The van der Waals surface area contributed by atoms with Crippen LogP contribution in [-0.4, -0.2) is 71.1 Å². The van der Waals surface area contributed by atoms with Gasteiger partial charge in [-0.2, -0.15) is 4.31 Å². The monoisotopic (exact) mass is 393 g/mol. The van der Waals surface area contributed by atoms with Gasteiger partial charge in [0.05, 0.1) is 43.9 Å². The molecule has 1 aromatic rings. The standard InChI is InChI=1S/C15H21F2N3O5S/c1-24-13-3-2-11(26(22,23)20-4-6-25-7-5-20)8-12(13)14(21)19-10-15(16,17)9-18/h2-3,8H,4-7,9-10,18H2,1H3,(H,19,21). The minimum atomic E-state index is -3.84. The molecule has 0 bridgehead atoms. The van der Waals surface area contributed by atoms with Crippen LogP contribution in [0.3, 0.4) is 0 Å². The SMILES string of the molecule is COc1ccc(S(=O)(=O)N2CCOCC2)cc1C(=O)NCC(F)(F)CN. The lowest BCUT2D eigenvalue weighted by Gasteiger charge is -2.26. The summed E-state index contributed by atoms with van der Waals surface area (Å²) in [5.41, 5.74) is 4.77. The number of amides is 1. The van der Waals surface area contributed by atoms with E-state index in [0.717, 1.165) is 6.07 Å². The van der Waals surface area contributed by atoms with Crippen molar-refractivity contribution in [2.45, 2.75) is 10.8 Å². The van der Waals surface area contributed by atoms with E-state index in [4.69, 9.17) is 15.2 Å². The number of morpholine rings is 1. The quantitative estimate of drug-likeness (QED) is 0.677. The summed E-state index contributed by atoms with van der Waals surface area (Å²) in [5.74, 6) is -4.08. The summed E-state index contributed by atoms with van der Waals surface area (Å²) >= 11 is 0. The predicted molar refractivity (Wildman–Crippen MR) is 88.9 cm³/mol. The molecule has 3 N–H and O–H groups in total. The molecule has 1 heterocycles. The first-order valence-electron chi connectivity index (χ1n) is 7.83. The Morgan fingerprint density at radius 3 is 2.62 bits per heavy atom. The number of methoxy groups -OCH3 is 1. The topological polar surface area (TPSA) is 111 Å². The third-order valence-corrected chi connectivity index (χ3v) is 5.72. The Morgan fingerprint density at radius 1 is 1.38 bits per heavy atom. The fraction of sp³-hybridized carbons (Fsp3) is 0.533. The lowest BCUT2D eigenvalue weighted by Crippen LogP contribution is -2.42. The van der Waals surface area contributed by atoms with E-state index in [1.165, 1.54) is 23.5 Å². The first kappa shape index (κ1) is 20.5. The van der Waals surface area contributed by atoms with E-state index >= 15 is 0 Å². The van der Waals surface area contributed by atoms with Crippen molar-refractivity contribution in [3.8, 4) is 5.75 Å². The highest BCUT2D eigenvalue weighted by Gasteiger charge is 2.30. The van der Waals surface area contributed by atoms with Crippen molar-refractivity contribution in [1.82, 2.24) is 9.62 Å². The summed E-state index contributed by atoms with van der Waals surface area (Å²) < 4.78 is 63.3. The molecule has 1 amide bonds. The number of nitrogens with zero attached hydrogens (tertiary/aromatic N) is 1. The number of halogens is 2. The number of hydrogen-bond acceptors (Lipinski definition) is 6. The highest BCUT2D eigenvalue weighted by Crippen LogP contribution is 2.25. The van der Waals surface area contributed by atoms with Gasteiger partial charge >= 0.3 is 0 Å². The van der Waals surface area contributed by atoms with E-state index in [2.05, 4.69) is 0 Å². The molecule has 0 saturated carbocycles. The second-order valence-corrected chi connectivity index (χ2v) is 7.56. The lowest BCUT2D eigenvalue weighted by atomic mass is 10.2. The Morgan fingerprint density at radius 2 is 2.04 bits per heavy atom. The van der Waals surface area contributed by atoms with Crippen LogP contribution in [0.4, 0.5) is 8.78 Å². The molecule has 0 aliphatic carbocycles. The number of nitrogens with two attached hydrogens (primary N) is 1. The van der Waals surface area contributed by atoms with Crippen LogP contribution in [0.15, 0.2) is 23.1 Å². The van der Waals surface area contributed by atoms with Crippen LogP contribution in [0.5, 0.6) is 5.75 Å². The molecule has 1 fully saturated rings. The molecule has 0 spiro atoms. The second kappa shape index (κ2) is 8.25. The highest BCUT2D eigenvalue weighted by molar-refractivity contribution is 7.89. The minimum absolute atomic E-state index is 0.0690. The van der Waals surface area contributed by atoms with Gasteiger partial charge in [-0.05, 0) is 18.2 Å². The number of ether oxygens (including phenoxy) is 2. The van der Waals surface area contributed by atoms with E-state index in [1.54, 1.807) is 0 Å². The zero-order chi connectivity index (χ0) is 19.4. The zero-order valence-corrected chi connectivity index (χ0v) is 15.0. The summed E-state index contributed by atoms with van der Waals surface area (Å²) in [4.78, 5) is 12.1. The van der Waals surface area contributed by atoms with E-state index in [-0.39, 0.29) is 42.5 Å². The molecule has 11 heteroatoms. The molecule has 0 aromatic heterocycles. The number of carbonyl (C=O) groups excluding carboxylic acids is 1. The fourth-order valence-electron chi connectivity index (χ4n) is 2.34. The number of sulfonamides is 1. The molecule has 0 unspecified atom stereocenters. The van der Waals surface area contributed by atoms with Crippen molar-refractivity contribution in [2.24, 2.45) is 5.73 Å². The number of alkyl halides is 2. The first-order valence-corrected chi connectivity index (χ1v) is 9.27. The Labute approximate surface area is 150 Å². The average Bonchev–Trinajstić information content (AvgIpc) is 2.66. The van der Waals surface area contributed by atoms with Crippen molar-refractivity contribution in [2.75, 3.05) is 46.5 Å². The summed E-state index contributed by atoms with van der Waals surface area (Å²) in [7, 11) is -2.55. The zero-order valence-electron chi connectivity index (χ0n) is 14.2. The summed E-state index contributed by atoms with van der Waals surface area (Å²) in [5, 5.41) is 2.05. The normalized spacial score (nSPS) is 16.3. The van der Waals surface area contributed by atoms with Gasteiger partial charge in [0.2, 0.25) is 10.0 Å². The maximum atomic E-state index is 13.2. The summed E-state index contributed by atoms with van der Waals surface area (Å²) in [6.07, 6.45) is 0. The number of nitrogens with one attached hydrogen (secondary N) is 1. The van der Waals surface area contributed by atoms with Crippen molar-refractivity contribution in [3.63, 3.8) is 0 Å². The van der Waals surface area contributed by atoms with Crippen molar-refractivity contribution >= 4 is 15.9 Å². The summed E-state index contributed by atoms with van der Waals surface area (Å²) in [6, 6.07) is 3.72. The Balaban J connectivity index is 2.29. The van der Waals surface area contributed by atoms with Crippen LogP contribution >= 0.6 is 0 Å². The highest BCUT2D eigenvalue weighted by atomic mass is 32.2. The van der Waals surface area contributed by atoms with Gasteiger partial charge in [0.1, 0.15) is 5.75 Å². The molecule has 1 aliphatic heterocycles. The van der Waals surface area contributed by atoms with Gasteiger partial charge in [-0.25, -0.2) is 17.2 Å². The molecule has 8 nitrogen and oxygen atoms in total. The van der Waals surface area contributed by atoms with E-state index < -0.39 is 34.9 Å². The third-order valence-electron chi connectivity index (χ3n) is 3.83. The Hall–Kier alpha value is -1.82. The van der Waals surface area contributed by atoms with Gasteiger partial charge in [-0.15, -0.1) is 0 Å². The van der Waals surface area contributed by atoms with E-state index in [0.29, 0.717) is 0 Å². The molecule has 26 heavy (non-hydrogen) atoms. The van der Waals surface area contributed by atoms with Gasteiger partial charge in [0.15, 0.2) is 0 Å². The molecule has 2 rings (SSSR count). The molecular formula is C15H21F2N3O5S. The molecule has 0 atom stereocenters. The smallest absolute Gasteiger partial charge is 0.277 e. The molecule has 146 valence electrons. The van der Waals surface area contributed by atoms with Gasteiger partial charge in [0.25, 0.3) is 11.8 Å². The van der Waals surface area contributed by atoms with Crippen LogP contribution in [0.25, 0.3) is 0 Å². The average molecular weight is 393 g/mol. The van der Waals surface area contributed by atoms with Gasteiger partial charge in [0, 0.05) is 13.1 Å². The van der Waals surface area contributed by atoms with Crippen LogP contribution in [0, 0.1) is 0 Å². The maximum Gasteiger partial charge on any atom is 0.277 e. The van der Waals surface area contributed by atoms with Gasteiger partial charge in [-0.3, -0.25) is 4.79 Å². The Bertz CT molecular complexity index is 752. The van der Waals surface area contributed by atoms with Crippen molar-refractivity contribution in [3.05, 3.63) is 23.8 Å².